The van der Waals surface area contributed by atoms with Crippen LogP contribution in [-0.2, 0) is 16.9 Å². The molecule has 2 aromatic carbocycles. The number of thiazole rings is 1. The molecule has 0 spiro atoms. The summed E-state index contributed by atoms with van der Waals surface area (Å²) in [4.78, 5) is 31.3. The third-order valence-electron chi connectivity index (χ3n) is 4.89. The maximum Gasteiger partial charge on any atom is 0.322 e. The normalized spacial score (nSPS) is 21.9. The Morgan fingerprint density at radius 1 is 1.25 bits per heavy atom. The summed E-state index contributed by atoms with van der Waals surface area (Å²) in [6, 6.07) is 11.4. The average Bonchev–Trinajstić information content (AvgIpc) is 3.23. The summed E-state index contributed by atoms with van der Waals surface area (Å²) < 4.78 is 20.0. The van der Waals surface area contributed by atoms with Gasteiger partial charge < -0.3 is 10.1 Å². The van der Waals surface area contributed by atoms with Gasteiger partial charge in [-0.2, -0.15) is 0 Å². The van der Waals surface area contributed by atoms with E-state index in [2.05, 4.69) is 15.6 Å². The summed E-state index contributed by atoms with van der Waals surface area (Å²) in [5, 5.41) is 5.61. The highest BCUT2D eigenvalue weighted by molar-refractivity contribution is 7.18. The van der Waals surface area contributed by atoms with Crippen LogP contribution >= 0.6 is 11.3 Å². The number of urea groups is 1. The molecule has 7 nitrogen and oxygen atoms in total. The first kappa shape index (κ1) is 17.1. The number of nitrogens with zero attached hydrogens (tertiary/aromatic N) is 2. The number of amides is 3. The minimum Gasteiger partial charge on any atom is -0.478 e. The largest absolute Gasteiger partial charge is 0.478 e. The smallest absolute Gasteiger partial charge is 0.322 e. The number of para-hydroxylation sites is 1. The molecular weight excluding hydrogens is 383 g/mol. The molecule has 1 atom stereocenters. The number of carbonyl (C=O) groups is 2. The van der Waals surface area contributed by atoms with E-state index in [1.165, 1.54) is 23.5 Å². The van der Waals surface area contributed by atoms with Gasteiger partial charge in [-0.15, -0.1) is 11.3 Å². The van der Waals surface area contributed by atoms with Gasteiger partial charge in [0, 0.05) is 24.7 Å². The summed E-state index contributed by atoms with van der Waals surface area (Å²) in [5.41, 5.74) is 0.283. The standard InChI is InChI=1S/C19H15FN4O3S/c20-12-6-5-11-8-24(10-27-14(11)7-12)9-19(16(25)22-18(26)23-19)17-21-13-3-1-2-4-15(13)28-17/h1-7H,8-10H2,(H2,22,23,25,26). The third-order valence-corrected chi connectivity index (χ3v) is 6.09. The second-order valence-corrected chi connectivity index (χ2v) is 7.84. The SMILES string of the molecule is O=C1NC(=O)C(CN2COc3cc(F)ccc3C2)(c2nc3ccccc3s2)N1. The zero-order chi connectivity index (χ0) is 19.3. The lowest BCUT2D eigenvalue weighted by molar-refractivity contribution is -0.125. The van der Waals surface area contributed by atoms with Crippen LogP contribution in [0.2, 0.25) is 0 Å². The maximum absolute atomic E-state index is 13.4. The van der Waals surface area contributed by atoms with E-state index in [1.807, 2.05) is 29.2 Å². The number of fused-ring (bicyclic) bond motifs is 2. The van der Waals surface area contributed by atoms with Crippen LogP contribution in [0.1, 0.15) is 10.6 Å². The molecule has 0 saturated carbocycles. The van der Waals surface area contributed by atoms with E-state index in [4.69, 9.17) is 4.74 Å². The van der Waals surface area contributed by atoms with Gasteiger partial charge >= 0.3 is 6.03 Å². The molecule has 1 unspecified atom stereocenters. The van der Waals surface area contributed by atoms with E-state index in [0.717, 1.165) is 15.8 Å². The Hall–Kier alpha value is -3.04. The minimum atomic E-state index is -1.30. The van der Waals surface area contributed by atoms with Crippen LogP contribution in [0.25, 0.3) is 10.2 Å². The number of nitrogens with one attached hydrogen (secondary N) is 2. The van der Waals surface area contributed by atoms with Crippen LogP contribution in [0.4, 0.5) is 9.18 Å². The fourth-order valence-electron chi connectivity index (χ4n) is 3.55. The Balaban J connectivity index is 1.51. The van der Waals surface area contributed by atoms with Gasteiger partial charge in [-0.3, -0.25) is 15.0 Å². The highest BCUT2D eigenvalue weighted by atomic mass is 32.1. The van der Waals surface area contributed by atoms with Gasteiger partial charge in [0.05, 0.1) is 10.2 Å². The lowest BCUT2D eigenvalue weighted by atomic mass is 9.99. The average molecular weight is 398 g/mol. The number of aromatic nitrogens is 1. The van der Waals surface area contributed by atoms with E-state index < -0.39 is 17.5 Å². The number of carbonyl (C=O) groups excluding carboxylic acids is 2. The number of hydrogen-bond acceptors (Lipinski definition) is 6. The highest BCUT2D eigenvalue weighted by Gasteiger charge is 2.51. The van der Waals surface area contributed by atoms with Gasteiger partial charge in [0.15, 0.2) is 5.54 Å². The molecule has 1 aromatic heterocycles. The first-order valence-electron chi connectivity index (χ1n) is 8.67. The summed E-state index contributed by atoms with van der Waals surface area (Å²) in [6.07, 6.45) is 0. The lowest BCUT2D eigenvalue weighted by Gasteiger charge is -2.34. The van der Waals surface area contributed by atoms with Crippen molar-refractivity contribution in [2.45, 2.75) is 12.1 Å². The van der Waals surface area contributed by atoms with Gasteiger partial charge in [0.1, 0.15) is 23.3 Å². The van der Waals surface area contributed by atoms with Gasteiger partial charge in [0.25, 0.3) is 5.91 Å². The van der Waals surface area contributed by atoms with Crippen LogP contribution in [0.5, 0.6) is 5.75 Å². The Bertz CT molecular complexity index is 1080. The van der Waals surface area contributed by atoms with Gasteiger partial charge in [-0.1, -0.05) is 18.2 Å². The topological polar surface area (TPSA) is 83.6 Å². The summed E-state index contributed by atoms with van der Waals surface area (Å²) in [7, 11) is 0. The predicted molar refractivity (Wildman–Crippen MR) is 100 cm³/mol. The third kappa shape index (κ3) is 2.71. The van der Waals surface area contributed by atoms with Crippen molar-refractivity contribution in [1.82, 2.24) is 20.5 Å². The molecule has 28 heavy (non-hydrogen) atoms. The quantitative estimate of drug-likeness (QED) is 0.662. The zero-order valence-electron chi connectivity index (χ0n) is 14.6. The van der Waals surface area contributed by atoms with Crippen LogP contribution in [-0.4, -0.2) is 35.1 Å². The van der Waals surface area contributed by atoms with Crippen molar-refractivity contribution in [2.24, 2.45) is 0 Å². The van der Waals surface area contributed by atoms with Crippen LogP contribution in [0.3, 0.4) is 0 Å². The molecule has 2 aliphatic heterocycles. The predicted octanol–water partition coefficient (Wildman–Crippen LogP) is 2.32. The fraction of sp³-hybridized carbons (Fsp3) is 0.211. The molecule has 0 radical (unpaired) electrons. The van der Waals surface area contributed by atoms with Crippen molar-refractivity contribution in [1.29, 1.82) is 0 Å². The number of hydrogen-bond donors (Lipinski definition) is 2. The van der Waals surface area contributed by atoms with Crippen molar-refractivity contribution in [3.8, 4) is 5.75 Å². The van der Waals surface area contributed by atoms with E-state index >= 15 is 0 Å². The van der Waals surface area contributed by atoms with Crippen molar-refractivity contribution >= 4 is 33.5 Å². The Labute approximate surface area is 163 Å². The first-order valence-corrected chi connectivity index (χ1v) is 9.48. The lowest BCUT2D eigenvalue weighted by Crippen LogP contribution is -2.53. The van der Waals surface area contributed by atoms with Crippen LogP contribution in [0.15, 0.2) is 42.5 Å². The summed E-state index contributed by atoms with van der Waals surface area (Å²) >= 11 is 1.37. The molecule has 3 amide bonds. The molecule has 1 fully saturated rings. The Kier molecular flexibility index (Phi) is 3.81. The fourth-order valence-corrected chi connectivity index (χ4v) is 4.65. The molecule has 2 aliphatic rings. The molecule has 3 aromatic rings. The van der Waals surface area contributed by atoms with Gasteiger partial charge in [-0.25, -0.2) is 14.2 Å². The Morgan fingerprint density at radius 2 is 2.11 bits per heavy atom. The van der Waals surface area contributed by atoms with Crippen LogP contribution in [0, 0.1) is 5.82 Å². The van der Waals surface area contributed by atoms with E-state index in [0.29, 0.717) is 17.3 Å². The molecule has 9 heteroatoms. The number of ether oxygens (including phenoxy) is 1. The zero-order valence-corrected chi connectivity index (χ0v) is 15.4. The number of imide groups is 1. The molecule has 2 N–H and O–H groups in total. The summed E-state index contributed by atoms with van der Waals surface area (Å²) in [5.74, 6) is -0.313. The van der Waals surface area contributed by atoms with Crippen molar-refractivity contribution in [3.63, 3.8) is 0 Å². The molecule has 3 heterocycles. The molecule has 1 saturated heterocycles. The monoisotopic (exact) mass is 398 g/mol. The molecule has 0 bridgehead atoms. The second kappa shape index (κ2) is 6.25. The maximum atomic E-state index is 13.4. The van der Waals surface area contributed by atoms with E-state index in [-0.39, 0.29) is 19.1 Å². The number of rotatable bonds is 3. The molecule has 0 aliphatic carbocycles. The van der Waals surface area contributed by atoms with Gasteiger partial charge in [-0.05, 0) is 18.2 Å². The summed E-state index contributed by atoms with van der Waals surface area (Å²) in [6.45, 7) is 0.818. The molecular formula is C19H15FN4O3S. The van der Waals surface area contributed by atoms with Gasteiger partial charge in [0.2, 0.25) is 0 Å². The second-order valence-electron chi connectivity index (χ2n) is 6.81. The first-order chi connectivity index (χ1) is 13.5. The van der Waals surface area contributed by atoms with Crippen molar-refractivity contribution in [2.75, 3.05) is 13.3 Å². The molecule has 142 valence electrons. The highest BCUT2D eigenvalue weighted by Crippen LogP contribution is 2.35. The van der Waals surface area contributed by atoms with Crippen molar-refractivity contribution < 1.29 is 18.7 Å². The van der Waals surface area contributed by atoms with Crippen molar-refractivity contribution in [3.05, 3.63) is 58.9 Å². The number of benzene rings is 2. The van der Waals surface area contributed by atoms with Crippen LogP contribution < -0.4 is 15.4 Å². The Morgan fingerprint density at radius 3 is 2.89 bits per heavy atom. The minimum absolute atomic E-state index is 0.173. The number of halogens is 1. The van der Waals surface area contributed by atoms with E-state index in [1.54, 1.807) is 6.07 Å². The molecule has 5 rings (SSSR count). The van der Waals surface area contributed by atoms with E-state index in [9.17, 15) is 14.0 Å².